The van der Waals surface area contributed by atoms with Crippen molar-refractivity contribution in [3.63, 3.8) is 0 Å². The van der Waals surface area contributed by atoms with Crippen LogP contribution in [-0.2, 0) is 19.1 Å². The number of fused-ring (bicyclic) bond motifs is 1. The molecule has 3 heterocycles. The van der Waals surface area contributed by atoms with Gasteiger partial charge in [0.25, 0.3) is 5.91 Å². The number of carbonyl (C=O) groups is 3. The van der Waals surface area contributed by atoms with E-state index in [2.05, 4.69) is 10.3 Å². The topological polar surface area (TPSA) is 88.6 Å². The molecule has 2 aromatic rings. The maximum absolute atomic E-state index is 13.4. The molecule has 0 radical (unpaired) electrons. The Morgan fingerprint density at radius 3 is 2.87 bits per heavy atom. The molecule has 0 spiro atoms. The Kier molecular flexibility index (Phi) is 5.73. The molecule has 7 nitrogen and oxygen atoms in total. The summed E-state index contributed by atoms with van der Waals surface area (Å²) in [6.07, 6.45) is -0.0217. The first kappa shape index (κ1) is 21.7. The van der Waals surface area contributed by atoms with Crippen LogP contribution in [0.25, 0.3) is 11.3 Å². The van der Waals surface area contributed by atoms with E-state index < -0.39 is 40.5 Å². The molecule has 1 aromatic heterocycles. The number of rotatable bonds is 5. The van der Waals surface area contributed by atoms with Crippen LogP contribution in [0.5, 0.6) is 0 Å². The van der Waals surface area contributed by atoms with Crippen molar-refractivity contribution in [3.8, 4) is 11.3 Å². The average molecular weight is 468 g/mol. The van der Waals surface area contributed by atoms with Gasteiger partial charge in [0.15, 0.2) is 22.9 Å². The van der Waals surface area contributed by atoms with E-state index in [-0.39, 0.29) is 11.0 Å². The lowest BCUT2D eigenvalue weighted by Gasteiger charge is -2.29. The Morgan fingerprint density at radius 2 is 2.13 bits per heavy atom. The Balaban J connectivity index is 1.37. The summed E-state index contributed by atoms with van der Waals surface area (Å²) in [6.45, 7) is 3.36. The Morgan fingerprint density at radius 1 is 1.35 bits per heavy atom. The van der Waals surface area contributed by atoms with E-state index in [0.717, 1.165) is 23.5 Å². The largest absolute Gasteiger partial charge is 0.451 e. The van der Waals surface area contributed by atoms with Gasteiger partial charge < -0.3 is 9.64 Å². The van der Waals surface area contributed by atoms with Gasteiger partial charge >= 0.3 is 5.97 Å². The number of hydrogen-bond donors (Lipinski definition) is 1. The van der Waals surface area contributed by atoms with Crippen LogP contribution in [-0.4, -0.2) is 50.4 Å². The second kappa shape index (κ2) is 8.19. The summed E-state index contributed by atoms with van der Waals surface area (Å²) in [4.78, 5) is 42.6. The fourth-order valence-corrected chi connectivity index (χ4v) is 5.77. The highest BCUT2D eigenvalue weighted by Crippen LogP contribution is 2.47. The number of halogens is 2. The molecule has 11 heteroatoms. The molecule has 0 unspecified atom stereocenters. The van der Waals surface area contributed by atoms with Gasteiger partial charge in [-0.15, -0.1) is 23.1 Å². The first-order valence-corrected chi connectivity index (χ1v) is 11.4. The predicted octanol–water partition coefficient (Wildman–Crippen LogP) is 3.41. The zero-order valence-electron chi connectivity index (χ0n) is 16.7. The third kappa shape index (κ3) is 4.16. The summed E-state index contributed by atoms with van der Waals surface area (Å²) in [7, 11) is 0. The number of benzene rings is 1. The van der Waals surface area contributed by atoms with Crippen molar-refractivity contribution in [2.75, 3.05) is 11.1 Å². The molecule has 2 aliphatic heterocycles. The van der Waals surface area contributed by atoms with Crippen molar-refractivity contribution < 1.29 is 27.9 Å². The molecular formula is C20H19F2N3O4S2. The van der Waals surface area contributed by atoms with Gasteiger partial charge in [0.2, 0.25) is 5.91 Å². The number of carbonyl (C=O) groups excluding carboxylic acids is 3. The highest BCUT2D eigenvalue weighted by atomic mass is 32.2. The summed E-state index contributed by atoms with van der Waals surface area (Å²) >= 11 is 2.64. The summed E-state index contributed by atoms with van der Waals surface area (Å²) < 4.78 is 31.8. The maximum Gasteiger partial charge on any atom is 0.330 e. The van der Waals surface area contributed by atoms with E-state index in [1.54, 1.807) is 22.0 Å². The van der Waals surface area contributed by atoms with Gasteiger partial charge in [0.1, 0.15) is 6.04 Å². The SMILES string of the molecule is C[C@H](OC(=O)[C@H]1CS[C@]2(C)CCC(=O)N12)C(=O)Nc1nc(-c2ccc(F)c(F)c2)cs1. The van der Waals surface area contributed by atoms with Gasteiger partial charge in [-0.2, -0.15) is 0 Å². The Hall–Kier alpha value is -2.53. The van der Waals surface area contributed by atoms with Crippen LogP contribution in [0.4, 0.5) is 13.9 Å². The maximum atomic E-state index is 13.4. The van der Waals surface area contributed by atoms with Crippen molar-refractivity contribution in [2.45, 2.75) is 43.7 Å². The van der Waals surface area contributed by atoms with Crippen molar-refractivity contribution in [1.82, 2.24) is 9.88 Å². The highest BCUT2D eigenvalue weighted by molar-refractivity contribution is 8.01. The summed E-state index contributed by atoms with van der Waals surface area (Å²) in [5, 5.41) is 4.37. The third-order valence-corrected chi connectivity index (χ3v) is 7.59. The van der Waals surface area contributed by atoms with Crippen LogP contribution in [0.2, 0.25) is 0 Å². The molecular weight excluding hydrogens is 448 g/mol. The number of amides is 2. The quantitative estimate of drug-likeness (QED) is 0.678. The van der Waals surface area contributed by atoms with Crippen LogP contribution in [0, 0.1) is 11.6 Å². The lowest BCUT2D eigenvalue weighted by atomic mass is 10.2. The normalized spacial score (nSPS) is 23.5. The van der Waals surface area contributed by atoms with Crippen LogP contribution >= 0.6 is 23.1 Å². The van der Waals surface area contributed by atoms with Gasteiger partial charge in [0, 0.05) is 23.1 Å². The third-order valence-electron chi connectivity index (χ3n) is 5.33. The first-order chi connectivity index (χ1) is 14.7. The zero-order chi connectivity index (χ0) is 22.3. The van der Waals surface area contributed by atoms with E-state index in [4.69, 9.17) is 4.74 Å². The average Bonchev–Trinajstić information content (AvgIpc) is 3.40. The molecule has 2 fully saturated rings. The molecule has 31 heavy (non-hydrogen) atoms. The molecule has 1 N–H and O–H groups in total. The number of thiazole rings is 1. The van der Waals surface area contributed by atoms with Gasteiger partial charge in [-0.3, -0.25) is 14.9 Å². The van der Waals surface area contributed by atoms with E-state index >= 15 is 0 Å². The van der Waals surface area contributed by atoms with E-state index in [9.17, 15) is 23.2 Å². The van der Waals surface area contributed by atoms with Gasteiger partial charge in [0.05, 0.1) is 10.6 Å². The Labute approximate surface area is 185 Å². The number of aromatic nitrogens is 1. The number of thioether (sulfide) groups is 1. The van der Waals surface area contributed by atoms with Crippen LogP contribution < -0.4 is 5.32 Å². The first-order valence-electron chi connectivity index (χ1n) is 9.56. The fraction of sp³-hybridized carbons (Fsp3) is 0.400. The second-order valence-electron chi connectivity index (χ2n) is 7.50. The number of esters is 1. The van der Waals surface area contributed by atoms with Gasteiger partial charge in [-0.05, 0) is 38.5 Å². The molecule has 2 amide bonds. The van der Waals surface area contributed by atoms with Crippen LogP contribution in [0.3, 0.4) is 0 Å². The fourth-order valence-electron chi connectivity index (χ4n) is 3.63. The van der Waals surface area contributed by atoms with Crippen molar-refractivity contribution in [3.05, 3.63) is 35.2 Å². The van der Waals surface area contributed by atoms with E-state index in [0.29, 0.717) is 29.9 Å². The number of anilines is 1. The summed E-state index contributed by atoms with van der Waals surface area (Å²) in [5.74, 6) is -2.80. The van der Waals surface area contributed by atoms with E-state index in [1.807, 2.05) is 6.92 Å². The summed E-state index contributed by atoms with van der Waals surface area (Å²) in [6, 6.07) is 2.70. The number of hydrogen-bond acceptors (Lipinski definition) is 7. The molecule has 4 rings (SSSR count). The van der Waals surface area contributed by atoms with Crippen molar-refractivity contribution in [1.29, 1.82) is 0 Å². The molecule has 164 valence electrons. The lowest BCUT2D eigenvalue weighted by molar-refractivity contribution is -0.160. The monoisotopic (exact) mass is 467 g/mol. The predicted molar refractivity (Wildman–Crippen MR) is 112 cm³/mol. The molecule has 2 saturated heterocycles. The lowest BCUT2D eigenvalue weighted by Crippen LogP contribution is -2.48. The standard InChI is InChI=1S/C20H19F2N3O4S2/c1-10(29-18(28)15-9-31-20(2)6-5-16(26)25(15)20)17(27)24-19-23-14(8-30-19)11-3-4-12(21)13(22)7-11/h3-4,7-8,10,15H,5-6,9H2,1-2H3,(H,23,24,27)/t10-,15+,20+/m0/s1. The molecule has 2 aliphatic rings. The zero-order valence-corrected chi connectivity index (χ0v) is 18.3. The second-order valence-corrected chi connectivity index (χ2v) is 9.86. The minimum atomic E-state index is -1.10. The van der Waals surface area contributed by atoms with E-state index in [1.165, 1.54) is 13.0 Å². The van der Waals surface area contributed by atoms with Crippen molar-refractivity contribution >= 4 is 46.0 Å². The van der Waals surface area contributed by atoms with Crippen LogP contribution in [0.1, 0.15) is 26.7 Å². The minimum absolute atomic E-state index is 0.0842. The minimum Gasteiger partial charge on any atom is -0.451 e. The molecule has 0 aliphatic carbocycles. The smallest absolute Gasteiger partial charge is 0.330 e. The Bertz CT molecular complexity index is 1060. The molecule has 1 aromatic carbocycles. The molecule has 3 atom stereocenters. The molecule has 0 saturated carbocycles. The van der Waals surface area contributed by atoms with Crippen LogP contribution in [0.15, 0.2) is 23.6 Å². The summed E-state index contributed by atoms with van der Waals surface area (Å²) in [5.41, 5.74) is 0.742. The van der Waals surface area contributed by atoms with Crippen molar-refractivity contribution in [2.24, 2.45) is 0 Å². The van der Waals surface area contributed by atoms with Gasteiger partial charge in [-0.25, -0.2) is 18.6 Å². The molecule has 0 bridgehead atoms. The van der Waals surface area contributed by atoms with Gasteiger partial charge in [-0.1, -0.05) is 0 Å². The number of nitrogens with one attached hydrogen (secondary N) is 1. The number of nitrogens with zero attached hydrogens (tertiary/aromatic N) is 2. The number of ether oxygens (including phenoxy) is 1. The highest BCUT2D eigenvalue weighted by Gasteiger charge is 2.53.